The third-order valence-electron chi connectivity index (χ3n) is 1.15. The number of hydrogen-bond acceptors (Lipinski definition) is 4. The van der Waals surface area contributed by atoms with Gasteiger partial charge in [-0.1, -0.05) is 16.6 Å². The molecule has 1 heterocycles. The Bertz CT molecular complexity index is 292. The molecule has 1 aromatic heterocycles. The van der Waals surface area contributed by atoms with Gasteiger partial charge in [0.15, 0.2) is 0 Å². The van der Waals surface area contributed by atoms with Gasteiger partial charge >= 0.3 is 0 Å². The van der Waals surface area contributed by atoms with Gasteiger partial charge in [-0.2, -0.15) is 0 Å². The van der Waals surface area contributed by atoms with Gasteiger partial charge in [0, 0.05) is 0 Å². The Balaban J connectivity index is 0.000000500. The minimum absolute atomic E-state index is 0. The van der Waals surface area contributed by atoms with Crippen LogP contribution in [0.4, 0.5) is 0 Å². The van der Waals surface area contributed by atoms with E-state index in [0.717, 1.165) is 10.2 Å². The fourth-order valence-electron chi connectivity index (χ4n) is 0.725. The highest BCUT2D eigenvalue weighted by molar-refractivity contribution is 7.12. The molecular formula is C6H10BN3S. The average molecular weight is 167 g/mol. The van der Waals surface area contributed by atoms with Gasteiger partial charge < -0.3 is 6.15 Å². The summed E-state index contributed by atoms with van der Waals surface area (Å²) in [6.07, 6.45) is 0. The SMILES string of the molecule is B.N.c1ccc2snnc2c1. The van der Waals surface area contributed by atoms with Crippen LogP contribution >= 0.6 is 11.5 Å². The van der Waals surface area contributed by atoms with Crippen molar-refractivity contribution >= 4 is 30.2 Å². The van der Waals surface area contributed by atoms with Crippen molar-refractivity contribution in [1.82, 2.24) is 15.7 Å². The molecule has 0 aliphatic heterocycles. The van der Waals surface area contributed by atoms with Crippen LogP contribution in [-0.4, -0.2) is 18.0 Å². The molecular weight excluding hydrogens is 157 g/mol. The second-order valence-corrected chi connectivity index (χ2v) is 2.53. The molecule has 0 bridgehead atoms. The van der Waals surface area contributed by atoms with E-state index in [1.807, 2.05) is 24.3 Å². The topological polar surface area (TPSA) is 60.8 Å². The largest absolute Gasteiger partial charge is 0.344 e. The van der Waals surface area contributed by atoms with Gasteiger partial charge in [-0.3, -0.25) is 0 Å². The fraction of sp³-hybridized carbons (Fsp3) is 0. The van der Waals surface area contributed by atoms with Crippen LogP contribution in [0.5, 0.6) is 0 Å². The van der Waals surface area contributed by atoms with Crippen LogP contribution in [0, 0.1) is 0 Å². The van der Waals surface area contributed by atoms with Gasteiger partial charge in [0.25, 0.3) is 0 Å². The first-order valence-electron chi connectivity index (χ1n) is 2.64. The summed E-state index contributed by atoms with van der Waals surface area (Å²) in [5, 5.41) is 3.89. The Hall–Kier alpha value is -0.935. The van der Waals surface area contributed by atoms with Crippen molar-refractivity contribution < 1.29 is 0 Å². The van der Waals surface area contributed by atoms with E-state index in [2.05, 4.69) is 9.59 Å². The lowest BCUT2D eigenvalue weighted by molar-refractivity contribution is 1.20. The van der Waals surface area contributed by atoms with E-state index < -0.39 is 0 Å². The molecule has 2 aromatic rings. The Kier molecular flexibility index (Phi) is 3.71. The maximum atomic E-state index is 3.89. The van der Waals surface area contributed by atoms with Crippen molar-refractivity contribution in [2.24, 2.45) is 0 Å². The molecule has 0 saturated carbocycles. The van der Waals surface area contributed by atoms with Crippen molar-refractivity contribution in [2.45, 2.75) is 0 Å². The molecule has 0 radical (unpaired) electrons. The minimum atomic E-state index is 0. The van der Waals surface area contributed by atoms with Crippen LogP contribution in [0.15, 0.2) is 24.3 Å². The van der Waals surface area contributed by atoms with Crippen molar-refractivity contribution in [2.75, 3.05) is 0 Å². The number of fused-ring (bicyclic) bond motifs is 1. The van der Waals surface area contributed by atoms with Gasteiger partial charge in [-0.05, 0) is 23.7 Å². The predicted molar refractivity (Wildman–Crippen MR) is 52.4 cm³/mol. The van der Waals surface area contributed by atoms with Gasteiger partial charge in [0.2, 0.25) is 0 Å². The van der Waals surface area contributed by atoms with E-state index in [0.29, 0.717) is 0 Å². The number of nitrogens with zero attached hydrogens (tertiary/aromatic N) is 2. The molecule has 0 atom stereocenters. The Morgan fingerprint density at radius 2 is 1.91 bits per heavy atom. The molecule has 0 aliphatic carbocycles. The first-order chi connectivity index (χ1) is 4.47. The van der Waals surface area contributed by atoms with Gasteiger partial charge in [0.05, 0.1) is 13.1 Å². The van der Waals surface area contributed by atoms with Crippen LogP contribution in [-0.2, 0) is 0 Å². The number of aromatic nitrogens is 2. The standard InChI is InChI=1S/C6H4N2S.BH3.H3N/c1-2-4-6-5(3-1)7-8-9-6;;/h1-4H;2*1H3. The van der Waals surface area contributed by atoms with Gasteiger partial charge in [-0.15, -0.1) is 5.10 Å². The fourth-order valence-corrected chi connectivity index (χ4v) is 1.28. The summed E-state index contributed by atoms with van der Waals surface area (Å²) in [6, 6.07) is 7.92. The highest BCUT2D eigenvalue weighted by Gasteiger charge is 1.91. The zero-order chi connectivity index (χ0) is 6.10. The van der Waals surface area contributed by atoms with E-state index in [-0.39, 0.29) is 14.6 Å². The van der Waals surface area contributed by atoms with E-state index in [1.165, 1.54) is 11.5 Å². The van der Waals surface area contributed by atoms with E-state index in [4.69, 9.17) is 0 Å². The molecule has 5 heteroatoms. The van der Waals surface area contributed by atoms with E-state index >= 15 is 0 Å². The Labute approximate surface area is 70.8 Å². The quantitative estimate of drug-likeness (QED) is 0.586. The summed E-state index contributed by atoms with van der Waals surface area (Å²) in [5.74, 6) is 0. The Morgan fingerprint density at radius 3 is 2.64 bits per heavy atom. The average Bonchev–Trinajstić information content (AvgIpc) is 2.33. The molecule has 1 aromatic carbocycles. The lowest BCUT2D eigenvalue weighted by Gasteiger charge is -1.78. The zero-order valence-electron chi connectivity index (χ0n) is 5.32. The van der Waals surface area contributed by atoms with E-state index in [9.17, 15) is 0 Å². The summed E-state index contributed by atoms with van der Waals surface area (Å²) in [5.41, 5.74) is 0.988. The van der Waals surface area contributed by atoms with Crippen LogP contribution in [0.25, 0.3) is 10.2 Å². The molecule has 0 unspecified atom stereocenters. The molecule has 0 fully saturated rings. The summed E-state index contributed by atoms with van der Waals surface area (Å²) in [7, 11) is 0. The van der Waals surface area contributed by atoms with E-state index in [1.54, 1.807) is 0 Å². The molecule has 0 aliphatic rings. The lowest BCUT2D eigenvalue weighted by Crippen LogP contribution is -1.63. The van der Waals surface area contributed by atoms with Crippen LogP contribution in [0.3, 0.4) is 0 Å². The minimum Gasteiger partial charge on any atom is -0.344 e. The summed E-state index contributed by atoms with van der Waals surface area (Å²) >= 11 is 1.43. The lowest BCUT2D eigenvalue weighted by atomic mass is 10.3. The van der Waals surface area contributed by atoms with Crippen molar-refractivity contribution in [3.63, 3.8) is 0 Å². The zero-order valence-corrected chi connectivity index (χ0v) is 6.14. The van der Waals surface area contributed by atoms with Crippen molar-refractivity contribution in [3.8, 4) is 0 Å². The van der Waals surface area contributed by atoms with Crippen molar-refractivity contribution in [1.29, 1.82) is 0 Å². The smallest absolute Gasteiger partial charge is 0.105 e. The third-order valence-corrected chi connectivity index (χ3v) is 1.86. The molecule has 3 N–H and O–H groups in total. The maximum Gasteiger partial charge on any atom is 0.105 e. The monoisotopic (exact) mass is 167 g/mol. The first kappa shape index (κ1) is 10.1. The summed E-state index contributed by atoms with van der Waals surface area (Å²) < 4.78 is 4.94. The number of rotatable bonds is 0. The highest BCUT2D eigenvalue weighted by atomic mass is 32.1. The van der Waals surface area contributed by atoms with Crippen LogP contribution < -0.4 is 6.15 Å². The predicted octanol–water partition coefficient (Wildman–Crippen LogP) is 0.669. The number of hydrogen-bond donors (Lipinski definition) is 1. The third kappa shape index (κ3) is 1.75. The molecule has 58 valence electrons. The van der Waals surface area contributed by atoms with Gasteiger partial charge in [0.1, 0.15) is 5.52 Å². The van der Waals surface area contributed by atoms with Crippen molar-refractivity contribution in [3.05, 3.63) is 24.3 Å². The molecule has 0 spiro atoms. The summed E-state index contributed by atoms with van der Waals surface area (Å²) in [4.78, 5) is 0. The summed E-state index contributed by atoms with van der Waals surface area (Å²) in [6.45, 7) is 0. The second-order valence-electron chi connectivity index (χ2n) is 1.74. The molecule has 11 heavy (non-hydrogen) atoms. The van der Waals surface area contributed by atoms with Crippen LogP contribution in [0.2, 0.25) is 0 Å². The normalized spacial score (nSPS) is 8.36. The second kappa shape index (κ2) is 4.05. The Morgan fingerprint density at radius 1 is 1.18 bits per heavy atom. The molecule has 3 nitrogen and oxygen atoms in total. The van der Waals surface area contributed by atoms with Crippen LogP contribution in [0.1, 0.15) is 0 Å². The highest BCUT2D eigenvalue weighted by Crippen LogP contribution is 2.12. The van der Waals surface area contributed by atoms with Gasteiger partial charge in [-0.25, -0.2) is 0 Å². The molecule has 0 saturated heterocycles. The maximum absolute atomic E-state index is 3.89. The number of benzene rings is 1. The molecule has 0 amide bonds. The molecule has 2 rings (SSSR count). The first-order valence-corrected chi connectivity index (χ1v) is 3.41.